The molecule has 0 radical (unpaired) electrons. The number of carbonyl (C=O) groups excluding carboxylic acids is 1. The summed E-state index contributed by atoms with van der Waals surface area (Å²) >= 11 is 0. The predicted molar refractivity (Wildman–Crippen MR) is 128 cm³/mol. The Bertz CT molecular complexity index is 1380. The van der Waals surface area contributed by atoms with Crippen molar-refractivity contribution in [3.63, 3.8) is 0 Å². The molecule has 33 heavy (non-hydrogen) atoms. The van der Waals surface area contributed by atoms with Gasteiger partial charge in [0.05, 0.1) is 17.6 Å². The molecule has 4 aromatic rings. The van der Waals surface area contributed by atoms with E-state index in [1.165, 1.54) is 10.2 Å². The van der Waals surface area contributed by atoms with E-state index in [-0.39, 0.29) is 18.0 Å². The van der Waals surface area contributed by atoms with Crippen LogP contribution in [0.1, 0.15) is 41.1 Å². The summed E-state index contributed by atoms with van der Waals surface area (Å²) < 4.78 is 2.98. The maximum atomic E-state index is 13.4. The van der Waals surface area contributed by atoms with Gasteiger partial charge in [0.25, 0.3) is 5.56 Å². The van der Waals surface area contributed by atoms with Crippen LogP contribution in [0.25, 0.3) is 16.6 Å². The molecule has 2 aromatic carbocycles. The smallest absolute Gasteiger partial charge is 0.293 e. The molecule has 2 heterocycles. The SMILES string of the molecule is Cc1ccc(-n2ncc3c(C4CC4)nn(CC(=O)NCCc4ccccc4)c(=O)c32)cc1C. The zero-order valence-corrected chi connectivity index (χ0v) is 18.9. The lowest BCUT2D eigenvalue weighted by Gasteiger charge is -2.11. The standard InChI is InChI=1S/C26H27N5O2/c1-17-8-11-21(14-18(17)2)31-25-22(15-28-31)24(20-9-10-20)29-30(26(25)33)16-23(32)27-13-12-19-6-4-3-5-7-19/h3-8,11,14-15,20H,9-10,12-13,16H2,1-2H3,(H,27,32). The van der Waals surface area contributed by atoms with Gasteiger partial charge in [0.1, 0.15) is 12.1 Å². The number of carbonyl (C=O) groups is 1. The van der Waals surface area contributed by atoms with E-state index in [1.54, 1.807) is 10.9 Å². The molecule has 0 unspecified atom stereocenters. The molecular weight excluding hydrogens is 414 g/mol. The van der Waals surface area contributed by atoms with Crippen molar-refractivity contribution in [3.05, 3.63) is 87.5 Å². The lowest BCUT2D eigenvalue weighted by Crippen LogP contribution is -2.35. The monoisotopic (exact) mass is 441 g/mol. The van der Waals surface area contributed by atoms with Gasteiger partial charge in [-0.1, -0.05) is 36.4 Å². The fourth-order valence-corrected chi connectivity index (χ4v) is 4.09. The van der Waals surface area contributed by atoms with Gasteiger partial charge in [0.15, 0.2) is 0 Å². The van der Waals surface area contributed by atoms with Gasteiger partial charge in [-0.3, -0.25) is 9.59 Å². The van der Waals surface area contributed by atoms with Gasteiger partial charge in [0.2, 0.25) is 5.91 Å². The van der Waals surface area contributed by atoms with E-state index in [1.807, 2.05) is 55.5 Å². The summed E-state index contributed by atoms with van der Waals surface area (Å²) in [7, 11) is 0. The average molecular weight is 442 g/mol. The van der Waals surface area contributed by atoms with E-state index in [2.05, 4.69) is 22.4 Å². The van der Waals surface area contributed by atoms with Gasteiger partial charge < -0.3 is 5.32 Å². The van der Waals surface area contributed by atoms with Crippen LogP contribution in [0.3, 0.4) is 0 Å². The van der Waals surface area contributed by atoms with Crippen LogP contribution in [0.15, 0.2) is 59.5 Å². The Morgan fingerprint density at radius 3 is 2.61 bits per heavy atom. The molecule has 7 nitrogen and oxygen atoms in total. The number of rotatable bonds is 7. The van der Waals surface area contributed by atoms with Crippen LogP contribution in [0, 0.1) is 13.8 Å². The molecule has 1 N–H and O–H groups in total. The Morgan fingerprint density at radius 2 is 1.88 bits per heavy atom. The first-order valence-electron chi connectivity index (χ1n) is 11.4. The van der Waals surface area contributed by atoms with Crippen LogP contribution >= 0.6 is 0 Å². The maximum Gasteiger partial charge on any atom is 0.293 e. The molecule has 1 amide bonds. The molecule has 0 saturated heterocycles. The largest absolute Gasteiger partial charge is 0.354 e. The number of fused-ring (bicyclic) bond motifs is 1. The molecule has 0 aliphatic heterocycles. The van der Waals surface area contributed by atoms with Crippen LogP contribution in [-0.4, -0.2) is 32.0 Å². The molecule has 0 atom stereocenters. The van der Waals surface area contributed by atoms with E-state index >= 15 is 0 Å². The Balaban J connectivity index is 1.45. The molecule has 1 fully saturated rings. The van der Waals surface area contributed by atoms with Crippen LogP contribution in [0.4, 0.5) is 0 Å². The topological polar surface area (TPSA) is 81.8 Å². The van der Waals surface area contributed by atoms with Gasteiger partial charge in [-0.25, -0.2) is 9.36 Å². The van der Waals surface area contributed by atoms with Crippen molar-refractivity contribution in [3.8, 4) is 5.69 Å². The number of hydrogen-bond acceptors (Lipinski definition) is 4. The molecule has 1 aliphatic rings. The summed E-state index contributed by atoms with van der Waals surface area (Å²) in [4.78, 5) is 26.1. The molecule has 168 valence electrons. The first kappa shape index (κ1) is 21.1. The van der Waals surface area contributed by atoms with Gasteiger partial charge >= 0.3 is 0 Å². The molecule has 1 aliphatic carbocycles. The van der Waals surface area contributed by atoms with E-state index in [9.17, 15) is 9.59 Å². The third-order valence-electron chi connectivity index (χ3n) is 6.28. The highest BCUT2D eigenvalue weighted by Gasteiger charge is 2.30. The van der Waals surface area contributed by atoms with Crippen LogP contribution in [0.2, 0.25) is 0 Å². The lowest BCUT2D eigenvalue weighted by atomic mass is 10.1. The lowest BCUT2D eigenvalue weighted by molar-refractivity contribution is -0.121. The minimum absolute atomic E-state index is 0.110. The second-order valence-corrected chi connectivity index (χ2v) is 8.80. The van der Waals surface area contributed by atoms with Gasteiger partial charge in [-0.2, -0.15) is 10.2 Å². The number of aromatic nitrogens is 4. The van der Waals surface area contributed by atoms with Crippen molar-refractivity contribution < 1.29 is 4.79 Å². The van der Waals surface area contributed by atoms with Crippen molar-refractivity contribution in [2.75, 3.05) is 6.54 Å². The summed E-state index contributed by atoms with van der Waals surface area (Å²) in [5, 5.41) is 12.8. The fourth-order valence-electron chi connectivity index (χ4n) is 4.09. The zero-order chi connectivity index (χ0) is 22.9. The Morgan fingerprint density at radius 1 is 1.09 bits per heavy atom. The second kappa shape index (κ2) is 8.65. The van der Waals surface area contributed by atoms with Crippen LogP contribution < -0.4 is 10.9 Å². The summed E-state index contributed by atoms with van der Waals surface area (Å²) in [6.45, 7) is 4.50. The first-order valence-corrected chi connectivity index (χ1v) is 11.4. The number of benzene rings is 2. The number of nitrogens with one attached hydrogen (secondary N) is 1. The molecule has 0 spiro atoms. The van der Waals surface area contributed by atoms with Crippen molar-refractivity contribution >= 4 is 16.8 Å². The van der Waals surface area contributed by atoms with Crippen molar-refractivity contribution in [2.24, 2.45) is 0 Å². The molecule has 1 saturated carbocycles. The summed E-state index contributed by atoms with van der Waals surface area (Å²) in [5.41, 5.74) is 5.33. The Labute approximate surface area is 192 Å². The summed E-state index contributed by atoms with van der Waals surface area (Å²) in [6.07, 6.45) is 4.55. The minimum Gasteiger partial charge on any atom is -0.354 e. The highest BCUT2D eigenvalue weighted by molar-refractivity contribution is 5.83. The van der Waals surface area contributed by atoms with Crippen molar-refractivity contribution in [1.29, 1.82) is 0 Å². The fraction of sp³-hybridized carbons (Fsp3) is 0.308. The normalized spacial score (nSPS) is 13.4. The predicted octanol–water partition coefficient (Wildman–Crippen LogP) is 3.44. The molecule has 0 bridgehead atoms. The van der Waals surface area contributed by atoms with E-state index < -0.39 is 0 Å². The molecule has 2 aromatic heterocycles. The van der Waals surface area contributed by atoms with Crippen molar-refractivity contribution in [2.45, 2.75) is 45.6 Å². The number of hydrogen-bond donors (Lipinski definition) is 1. The third kappa shape index (κ3) is 4.31. The summed E-state index contributed by atoms with van der Waals surface area (Å²) in [5.74, 6) is 0.0942. The minimum atomic E-state index is -0.302. The van der Waals surface area contributed by atoms with E-state index in [0.717, 1.165) is 47.2 Å². The van der Waals surface area contributed by atoms with Gasteiger partial charge in [-0.05, 0) is 61.9 Å². The Kier molecular flexibility index (Phi) is 5.54. The molecular formula is C26H27N5O2. The maximum absolute atomic E-state index is 13.4. The van der Waals surface area contributed by atoms with E-state index in [0.29, 0.717) is 18.0 Å². The average Bonchev–Trinajstić information content (AvgIpc) is 3.56. The van der Waals surface area contributed by atoms with Crippen molar-refractivity contribution in [1.82, 2.24) is 24.9 Å². The Hall–Kier alpha value is -3.74. The van der Waals surface area contributed by atoms with Gasteiger partial charge in [-0.15, -0.1) is 0 Å². The third-order valence-corrected chi connectivity index (χ3v) is 6.28. The second-order valence-electron chi connectivity index (χ2n) is 8.80. The number of amides is 1. The number of aryl methyl sites for hydroxylation is 2. The van der Waals surface area contributed by atoms with Crippen LogP contribution in [-0.2, 0) is 17.8 Å². The summed E-state index contributed by atoms with van der Waals surface area (Å²) in [6, 6.07) is 16.0. The van der Waals surface area contributed by atoms with Crippen LogP contribution in [0.5, 0.6) is 0 Å². The zero-order valence-electron chi connectivity index (χ0n) is 18.9. The highest BCUT2D eigenvalue weighted by Crippen LogP contribution is 2.41. The van der Waals surface area contributed by atoms with E-state index in [4.69, 9.17) is 0 Å². The highest BCUT2D eigenvalue weighted by atomic mass is 16.2. The molecule has 5 rings (SSSR count). The first-order chi connectivity index (χ1) is 16.0. The number of nitrogens with zero attached hydrogens (tertiary/aromatic N) is 4. The quantitative estimate of drug-likeness (QED) is 0.476. The molecule has 7 heteroatoms. The van der Waals surface area contributed by atoms with Gasteiger partial charge in [0, 0.05) is 17.8 Å².